The van der Waals surface area contributed by atoms with E-state index in [0.29, 0.717) is 0 Å². The molecular formula is C9H16. The Balaban J connectivity index is 2.06. The molecule has 1 saturated carbocycles. The average molecular weight is 124 g/mol. The highest BCUT2D eigenvalue weighted by Crippen LogP contribution is 2.35. The van der Waals surface area contributed by atoms with Gasteiger partial charge in [-0.3, -0.25) is 0 Å². The van der Waals surface area contributed by atoms with Gasteiger partial charge < -0.3 is 0 Å². The number of unbranched alkanes of at least 4 members (excludes halogenated alkanes) is 1. The topological polar surface area (TPSA) is 0 Å². The van der Waals surface area contributed by atoms with E-state index in [-0.39, 0.29) is 0 Å². The van der Waals surface area contributed by atoms with Crippen molar-refractivity contribution in [3.63, 3.8) is 0 Å². The van der Waals surface area contributed by atoms with Gasteiger partial charge in [-0.1, -0.05) is 31.9 Å². The third-order valence-corrected chi connectivity index (χ3v) is 2.30. The second-order valence-corrected chi connectivity index (χ2v) is 3.04. The Hall–Kier alpha value is -0.260. The van der Waals surface area contributed by atoms with Crippen molar-refractivity contribution in [1.82, 2.24) is 0 Å². The first kappa shape index (κ1) is 6.85. The molecule has 0 aromatic heterocycles. The highest BCUT2D eigenvalue weighted by atomic mass is 14.3. The summed E-state index contributed by atoms with van der Waals surface area (Å²) in [6, 6.07) is 0. The van der Waals surface area contributed by atoms with Gasteiger partial charge in [0.2, 0.25) is 0 Å². The molecule has 1 atom stereocenters. The molecule has 0 heterocycles. The molecule has 0 N–H and O–H groups in total. The summed E-state index contributed by atoms with van der Waals surface area (Å²) < 4.78 is 0. The fourth-order valence-electron chi connectivity index (χ4n) is 1.35. The zero-order valence-electron chi connectivity index (χ0n) is 6.32. The minimum absolute atomic E-state index is 0.907. The van der Waals surface area contributed by atoms with Crippen molar-refractivity contribution < 1.29 is 0 Å². The Morgan fingerprint density at radius 1 is 1.67 bits per heavy atom. The zero-order chi connectivity index (χ0) is 6.69. The molecule has 1 aliphatic rings. The molecule has 0 amide bonds. The molecule has 9 heavy (non-hydrogen) atoms. The molecule has 1 rings (SSSR count). The Bertz CT molecular complexity index is 103. The van der Waals surface area contributed by atoms with E-state index < -0.39 is 0 Å². The molecule has 0 aliphatic heterocycles. The molecule has 52 valence electrons. The maximum absolute atomic E-state index is 3.99. The number of rotatable bonds is 3. The summed E-state index contributed by atoms with van der Waals surface area (Å²) in [5.41, 5.74) is 1.50. The Morgan fingerprint density at radius 2 is 2.44 bits per heavy atom. The Labute approximate surface area is 58.0 Å². The molecule has 0 heteroatoms. The third-order valence-electron chi connectivity index (χ3n) is 2.30. The first-order valence-electron chi connectivity index (χ1n) is 4.02. The molecular weight excluding hydrogens is 108 g/mol. The summed E-state index contributed by atoms with van der Waals surface area (Å²) in [5, 5.41) is 0. The Morgan fingerprint density at radius 3 is 2.78 bits per heavy atom. The quantitative estimate of drug-likeness (QED) is 0.507. The first-order valence-corrected chi connectivity index (χ1v) is 4.02. The van der Waals surface area contributed by atoms with Crippen molar-refractivity contribution in [2.75, 3.05) is 0 Å². The van der Waals surface area contributed by atoms with Gasteiger partial charge in [-0.25, -0.2) is 0 Å². The zero-order valence-corrected chi connectivity index (χ0v) is 6.32. The predicted molar refractivity (Wildman–Crippen MR) is 41.4 cm³/mol. The Kier molecular flexibility index (Phi) is 2.32. The van der Waals surface area contributed by atoms with E-state index in [2.05, 4.69) is 13.5 Å². The number of hydrogen-bond donors (Lipinski definition) is 0. The summed E-state index contributed by atoms with van der Waals surface area (Å²) in [7, 11) is 0. The van der Waals surface area contributed by atoms with Gasteiger partial charge in [0, 0.05) is 0 Å². The van der Waals surface area contributed by atoms with Gasteiger partial charge in [-0.15, -0.1) is 0 Å². The van der Waals surface area contributed by atoms with Crippen LogP contribution in [0.25, 0.3) is 0 Å². The lowest BCUT2D eigenvalue weighted by Gasteiger charge is -2.28. The minimum atomic E-state index is 0.907. The first-order chi connectivity index (χ1) is 4.34. The maximum atomic E-state index is 3.99. The van der Waals surface area contributed by atoms with Gasteiger partial charge in [0.25, 0.3) is 0 Å². The lowest BCUT2D eigenvalue weighted by molar-refractivity contribution is 0.403. The molecule has 0 bridgehead atoms. The normalized spacial score (nSPS) is 25.9. The van der Waals surface area contributed by atoms with Crippen LogP contribution in [0.2, 0.25) is 0 Å². The molecule has 0 nitrogen and oxygen atoms in total. The molecule has 0 saturated heterocycles. The highest BCUT2D eigenvalue weighted by molar-refractivity contribution is 5.09. The fraction of sp³-hybridized carbons (Fsp3) is 0.778. The van der Waals surface area contributed by atoms with Gasteiger partial charge in [-0.05, 0) is 25.2 Å². The summed E-state index contributed by atoms with van der Waals surface area (Å²) >= 11 is 0. The SMILES string of the molecule is C=C1CC[C@@H]1CCCC. The van der Waals surface area contributed by atoms with Crippen LogP contribution in [0, 0.1) is 5.92 Å². The molecule has 0 unspecified atom stereocenters. The molecule has 0 aromatic rings. The smallest absolute Gasteiger partial charge is 0.0203 e. The van der Waals surface area contributed by atoms with Gasteiger partial charge in [0.05, 0.1) is 0 Å². The monoisotopic (exact) mass is 124 g/mol. The van der Waals surface area contributed by atoms with Gasteiger partial charge in [0.15, 0.2) is 0 Å². The van der Waals surface area contributed by atoms with Gasteiger partial charge in [0.1, 0.15) is 0 Å². The minimum Gasteiger partial charge on any atom is -0.0996 e. The van der Waals surface area contributed by atoms with E-state index >= 15 is 0 Å². The van der Waals surface area contributed by atoms with E-state index in [0.717, 1.165) is 5.92 Å². The summed E-state index contributed by atoms with van der Waals surface area (Å²) in [5.74, 6) is 0.907. The molecule has 1 fully saturated rings. The summed E-state index contributed by atoms with van der Waals surface area (Å²) in [6.45, 7) is 6.25. The lowest BCUT2D eigenvalue weighted by Crippen LogP contribution is -2.13. The second-order valence-electron chi connectivity index (χ2n) is 3.04. The van der Waals surface area contributed by atoms with Crippen LogP contribution in [-0.4, -0.2) is 0 Å². The maximum Gasteiger partial charge on any atom is -0.0203 e. The van der Waals surface area contributed by atoms with Gasteiger partial charge >= 0.3 is 0 Å². The molecule has 0 radical (unpaired) electrons. The summed E-state index contributed by atoms with van der Waals surface area (Å²) in [6.07, 6.45) is 6.84. The van der Waals surface area contributed by atoms with Crippen LogP contribution < -0.4 is 0 Å². The van der Waals surface area contributed by atoms with Crippen LogP contribution >= 0.6 is 0 Å². The number of hydrogen-bond acceptors (Lipinski definition) is 0. The van der Waals surface area contributed by atoms with Crippen LogP contribution in [0.4, 0.5) is 0 Å². The van der Waals surface area contributed by atoms with Crippen molar-refractivity contribution in [3.05, 3.63) is 12.2 Å². The van der Waals surface area contributed by atoms with Crippen LogP contribution in [0.5, 0.6) is 0 Å². The van der Waals surface area contributed by atoms with E-state index in [9.17, 15) is 0 Å². The van der Waals surface area contributed by atoms with Crippen molar-refractivity contribution in [2.24, 2.45) is 5.92 Å². The molecule has 0 spiro atoms. The summed E-state index contributed by atoms with van der Waals surface area (Å²) in [4.78, 5) is 0. The lowest BCUT2D eigenvalue weighted by atomic mass is 9.77. The standard InChI is InChI=1S/C9H16/c1-3-4-5-9-7-6-8(9)2/h9H,2-7H2,1H3/t9-/m0/s1. The average Bonchev–Trinajstić information content (AvgIpc) is 1.86. The molecule has 0 aromatic carbocycles. The van der Waals surface area contributed by atoms with Crippen molar-refractivity contribution in [3.8, 4) is 0 Å². The highest BCUT2D eigenvalue weighted by Gasteiger charge is 2.20. The van der Waals surface area contributed by atoms with Crippen molar-refractivity contribution in [1.29, 1.82) is 0 Å². The predicted octanol–water partition coefficient (Wildman–Crippen LogP) is 3.14. The van der Waals surface area contributed by atoms with Crippen molar-refractivity contribution in [2.45, 2.75) is 39.0 Å². The van der Waals surface area contributed by atoms with E-state index in [1.807, 2.05) is 0 Å². The molecule has 1 aliphatic carbocycles. The van der Waals surface area contributed by atoms with E-state index in [1.54, 1.807) is 0 Å². The van der Waals surface area contributed by atoms with E-state index in [1.165, 1.54) is 37.7 Å². The van der Waals surface area contributed by atoms with E-state index in [4.69, 9.17) is 0 Å². The second kappa shape index (κ2) is 3.05. The fourth-order valence-corrected chi connectivity index (χ4v) is 1.35. The number of allylic oxidation sites excluding steroid dienone is 1. The van der Waals surface area contributed by atoms with Crippen LogP contribution in [0.3, 0.4) is 0 Å². The van der Waals surface area contributed by atoms with Crippen molar-refractivity contribution >= 4 is 0 Å². The van der Waals surface area contributed by atoms with Gasteiger partial charge in [-0.2, -0.15) is 0 Å². The largest absolute Gasteiger partial charge is 0.0996 e. The van der Waals surface area contributed by atoms with Crippen LogP contribution in [0.1, 0.15) is 39.0 Å². The van der Waals surface area contributed by atoms with Crippen LogP contribution in [-0.2, 0) is 0 Å². The third kappa shape index (κ3) is 1.57. The van der Waals surface area contributed by atoms with Crippen LogP contribution in [0.15, 0.2) is 12.2 Å².